The van der Waals surface area contributed by atoms with Crippen molar-refractivity contribution in [3.05, 3.63) is 48.2 Å². The van der Waals surface area contributed by atoms with Crippen LogP contribution in [0.5, 0.6) is 0 Å². The van der Waals surface area contributed by atoms with E-state index in [9.17, 15) is 0 Å². The maximum absolute atomic E-state index is 3.63. The van der Waals surface area contributed by atoms with Crippen molar-refractivity contribution in [1.29, 1.82) is 0 Å². The minimum absolute atomic E-state index is 0.536. The molecule has 14 heavy (non-hydrogen) atoms. The van der Waals surface area contributed by atoms with Gasteiger partial charge in [-0.1, -0.05) is 36.5 Å². The summed E-state index contributed by atoms with van der Waals surface area (Å²) in [6.45, 7) is 0. The van der Waals surface area contributed by atoms with Gasteiger partial charge in [-0.2, -0.15) is 0 Å². The molecule has 1 fully saturated rings. The Morgan fingerprint density at radius 3 is 3.07 bits per heavy atom. The highest BCUT2D eigenvalue weighted by Gasteiger charge is 2.30. The fourth-order valence-corrected chi connectivity index (χ4v) is 2.62. The van der Waals surface area contributed by atoms with Crippen molar-refractivity contribution in [2.75, 3.05) is 0 Å². The highest BCUT2D eigenvalue weighted by atomic mass is 15.0. The lowest BCUT2D eigenvalue weighted by Crippen LogP contribution is -2.42. The van der Waals surface area contributed by atoms with Gasteiger partial charge in [0.1, 0.15) is 0 Å². The highest BCUT2D eigenvalue weighted by molar-refractivity contribution is 5.28. The molecule has 3 unspecified atom stereocenters. The first-order chi connectivity index (χ1) is 6.93. The van der Waals surface area contributed by atoms with E-state index < -0.39 is 0 Å². The van der Waals surface area contributed by atoms with E-state index in [-0.39, 0.29) is 0 Å². The molecule has 1 aliphatic heterocycles. The molecule has 0 bridgehead atoms. The third-order valence-electron chi connectivity index (χ3n) is 3.41. The molecule has 1 nitrogen and oxygen atoms in total. The molecule has 72 valence electrons. The summed E-state index contributed by atoms with van der Waals surface area (Å²) in [6, 6.07) is 0.536. The van der Waals surface area contributed by atoms with Crippen LogP contribution >= 0.6 is 0 Å². The van der Waals surface area contributed by atoms with E-state index in [0.717, 1.165) is 5.92 Å². The van der Waals surface area contributed by atoms with Crippen LogP contribution in [-0.2, 0) is 0 Å². The number of piperidine rings is 1. The molecule has 2 aliphatic carbocycles. The summed E-state index contributed by atoms with van der Waals surface area (Å²) >= 11 is 0. The average molecular weight is 185 g/mol. The lowest BCUT2D eigenvalue weighted by molar-refractivity contribution is 0.332. The standard InChI is InChI=1S/C13H15N/c1-3-7-12-10(5-1)9-11-6-2-4-8-13(11)14-12/h1-5,7-8,10-12,14H,6,9H2. The fraction of sp³-hybridized carbons (Fsp3) is 0.385. The van der Waals surface area contributed by atoms with Crippen molar-refractivity contribution in [2.24, 2.45) is 11.8 Å². The quantitative estimate of drug-likeness (QED) is 0.611. The van der Waals surface area contributed by atoms with E-state index in [0.29, 0.717) is 12.0 Å². The van der Waals surface area contributed by atoms with Gasteiger partial charge >= 0.3 is 0 Å². The van der Waals surface area contributed by atoms with Crippen LogP contribution in [0.2, 0.25) is 0 Å². The van der Waals surface area contributed by atoms with E-state index in [2.05, 4.69) is 47.8 Å². The Kier molecular flexibility index (Phi) is 1.83. The number of hydrogen-bond donors (Lipinski definition) is 1. The molecule has 3 aliphatic rings. The van der Waals surface area contributed by atoms with E-state index in [4.69, 9.17) is 0 Å². The summed E-state index contributed by atoms with van der Waals surface area (Å²) in [4.78, 5) is 0. The van der Waals surface area contributed by atoms with Crippen LogP contribution in [0.3, 0.4) is 0 Å². The molecule has 0 amide bonds. The van der Waals surface area contributed by atoms with Gasteiger partial charge in [-0.3, -0.25) is 0 Å². The second-order valence-electron chi connectivity index (χ2n) is 4.32. The monoisotopic (exact) mass is 185 g/mol. The smallest absolute Gasteiger partial charge is 0.0507 e. The average Bonchev–Trinajstić information content (AvgIpc) is 2.26. The SMILES string of the molecule is C1=CCC2CC3C=CC=CC3NC2=C1. The maximum Gasteiger partial charge on any atom is 0.0507 e. The summed E-state index contributed by atoms with van der Waals surface area (Å²) in [5.41, 5.74) is 1.44. The van der Waals surface area contributed by atoms with Crippen molar-refractivity contribution < 1.29 is 0 Å². The first-order valence-electron chi connectivity index (χ1n) is 5.42. The molecule has 0 aromatic carbocycles. The lowest BCUT2D eigenvalue weighted by Gasteiger charge is -2.38. The Morgan fingerprint density at radius 1 is 1.14 bits per heavy atom. The minimum Gasteiger partial charge on any atom is -0.381 e. The molecule has 1 heterocycles. The Morgan fingerprint density at radius 2 is 2.07 bits per heavy atom. The summed E-state index contributed by atoms with van der Waals surface area (Å²) < 4.78 is 0. The van der Waals surface area contributed by atoms with Crippen LogP contribution < -0.4 is 5.32 Å². The lowest BCUT2D eigenvalue weighted by atomic mass is 9.78. The molecule has 1 heteroatoms. The van der Waals surface area contributed by atoms with Crippen LogP contribution in [-0.4, -0.2) is 6.04 Å². The predicted octanol–water partition coefficient (Wildman–Crippen LogP) is 2.55. The van der Waals surface area contributed by atoms with Crippen LogP contribution in [0.15, 0.2) is 48.2 Å². The van der Waals surface area contributed by atoms with Crippen molar-refractivity contribution in [1.82, 2.24) is 5.32 Å². The Labute approximate surface area is 84.9 Å². The van der Waals surface area contributed by atoms with E-state index >= 15 is 0 Å². The third-order valence-corrected chi connectivity index (χ3v) is 3.41. The zero-order valence-electron chi connectivity index (χ0n) is 8.19. The fourth-order valence-electron chi connectivity index (χ4n) is 2.62. The number of rotatable bonds is 0. The molecule has 0 radical (unpaired) electrons. The molecule has 1 N–H and O–H groups in total. The van der Waals surface area contributed by atoms with Gasteiger partial charge in [-0.05, 0) is 18.9 Å². The van der Waals surface area contributed by atoms with Crippen molar-refractivity contribution in [3.8, 4) is 0 Å². The van der Waals surface area contributed by atoms with E-state index in [1.165, 1.54) is 18.5 Å². The second-order valence-corrected chi connectivity index (χ2v) is 4.32. The Bertz CT molecular complexity index is 346. The first-order valence-corrected chi connectivity index (χ1v) is 5.42. The van der Waals surface area contributed by atoms with Crippen LogP contribution in [0.1, 0.15) is 12.8 Å². The molecule has 0 spiro atoms. The largest absolute Gasteiger partial charge is 0.381 e. The molecular formula is C13H15N. The Hall–Kier alpha value is -1.24. The molecule has 0 saturated carbocycles. The Balaban J connectivity index is 1.86. The summed E-state index contributed by atoms with van der Waals surface area (Å²) in [5.74, 6) is 1.44. The first kappa shape index (κ1) is 8.10. The van der Waals surface area contributed by atoms with E-state index in [1.54, 1.807) is 0 Å². The molecule has 1 saturated heterocycles. The molecule has 0 aromatic heterocycles. The molecule has 3 rings (SSSR count). The van der Waals surface area contributed by atoms with Gasteiger partial charge < -0.3 is 5.32 Å². The van der Waals surface area contributed by atoms with Gasteiger partial charge in [0.2, 0.25) is 0 Å². The van der Waals surface area contributed by atoms with Gasteiger partial charge in [0, 0.05) is 17.5 Å². The minimum atomic E-state index is 0.536. The van der Waals surface area contributed by atoms with Crippen LogP contribution in [0.4, 0.5) is 0 Å². The van der Waals surface area contributed by atoms with Crippen molar-refractivity contribution in [2.45, 2.75) is 18.9 Å². The molecular weight excluding hydrogens is 170 g/mol. The van der Waals surface area contributed by atoms with Gasteiger partial charge in [0.05, 0.1) is 6.04 Å². The summed E-state index contributed by atoms with van der Waals surface area (Å²) in [7, 11) is 0. The number of nitrogens with one attached hydrogen (secondary N) is 1. The van der Waals surface area contributed by atoms with Crippen molar-refractivity contribution >= 4 is 0 Å². The normalized spacial score (nSPS) is 38.3. The molecule has 3 atom stereocenters. The molecule has 0 aromatic rings. The van der Waals surface area contributed by atoms with Gasteiger partial charge in [0.15, 0.2) is 0 Å². The predicted molar refractivity (Wildman–Crippen MR) is 58.6 cm³/mol. The number of allylic oxidation sites excluding steroid dienone is 6. The van der Waals surface area contributed by atoms with Crippen LogP contribution in [0.25, 0.3) is 0 Å². The van der Waals surface area contributed by atoms with Gasteiger partial charge in [0.25, 0.3) is 0 Å². The highest BCUT2D eigenvalue weighted by Crippen LogP contribution is 2.34. The summed E-state index contributed by atoms with van der Waals surface area (Å²) in [6.07, 6.45) is 18.1. The topological polar surface area (TPSA) is 12.0 Å². The number of hydrogen-bond acceptors (Lipinski definition) is 1. The summed E-state index contributed by atoms with van der Waals surface area (Å²) in [5, 5.41) is 3.63. The van der Waals surface area contributed by atoms with Gasteiger partial charge in [-0.25, -0.2) is 0 Å². The second kappa shape index (κ2) is 3.16. The number of fused-ring (bicyclic) bond motifs is 2. The zero-order chi connectivity index (χ0) is 9.38. The van der Waals surface area contributed by atoms with Gasteiger partial charge in [-0.15, -0.1) is 0 Å². The van der Waals surface area contributed by atoms with E-state index in [1.807, 2.05) is 0 Å². The zero-order valence-corrected chi connectivity index (χ0v) is 8.19. The third kappa shape index (κ3) is 1.24. The van der Waals surface area contributed by atoms with Crippen LogP contribution in [0, 0.1) is 11.8 Å². The maximum atomic E-state index is 3.63. The van der Waals surface area contributed by atoms with Crippen molar-refractivity contribution in [3.63, 3.8) is 0 Å².